The van der Waals surface area contributed by atoms with Gasteiger partial charge in [0.05, 0.1) is 0 Å². The molecule has 0 aliphatic carbocycles. The minimum absolute atomic E-state index is 0.144. The summed E-state index contributed by atoms with van der Waals surface area (Å²) < 4.78 is 8.69. The van der Waals surface area contributed by atoms with E-state index in [0.717, 1.165) is 0 Å². The van der Waals surface area contributed by atoms with Gasteiger partial charge in [-0.3, -0.25) is 38.4 Å². The predicted molar refractivity (Wildman–Crippen MR) is 95.0 cm³/mol. The molecule has 0 rings (SSSR count). The van der Waals surface area contributed by atoms with Crippen molar-refractivity contribution in [2.45, 2.75) is 59.8 Å². The molecule has 0 saturated carbocycles. The Bertz CT molecular complexity index is 627. The smallest absolute Gasteiger partial charge is 0.331 e. The average molecular weight is 412 g/mol. The van der Waals surface area contributed by atoms with Gasteiger partial charge in [0.2, 0.25) is 0 Å². The topological polar surface area (TPSA) is 155 Å². The van der Waals surface area contributed by atoms with Crippen molar-refractivity contribution < 1.29 is 47.8 Å². The van der Waals surface area contributed by atoms with Crippen LogP contribution in [0.4, 0.5) is 0 Å². The summed E-state index contributed by atoms with van der Waals surface area (Å²) in [5.74, 6) is -12.3. The first kappa shape index (κ1) is 26.0. The molecule has 29 heavy (non-hydrogen) atoms. The van der Waals surface area contributed by atoms with Gasteiger partial charge in [-0.25, -0.2) is 0 Å². The van der Waals surface area contributed by atoms with Gasteiger partial charge in [0.1, 0.15) is 6.42 Å². The van der Waals surface area contributed by atoms with Gasteiger partial charge < -0.3 is 9.47 Å². The zero-order chi connectivity index (χ0) is 22.7. The van der Waals surface area contributed by atoms with E-state index in [2.05, 4.69) is 9.47 Å². The third kappa shape index (κ3) is 7.84. The van der Waals surface area contributed by atoms with Crippen molar-refractivity contribution >= 4 is 47.0 Å². The van der Waals surface area contributed by atoms with Crippen LogP contribution in [-0.2, 0) is 47.8 Å². The maximum Gasteiger partial charge on any atom is 0.331 e. The maximum atomic E-state index is 11.9. The molecule has 0 atom stereocenters. The lowest BCUT2D eigenvalue weighted by molar-refractivity contribution is -0.168. The highest BCUT2D eigenvalue weighted by Crippen LogP contribution is 2.12. The maximum absolute atomic E-state index is 11.9. The van der Waals surface area contributed by atoms with Crippen molar-refractivity contribution in [3.05, 3.63) is 0 Å². The number of ketones is 4. The van der Waals surface area contributed by atoms with Gasteiger partial charge in [0, 0.05) is 25.7 Å². The highest BCUT2D eigenvalue weighted by atomic mass is 16.6. The van der Waals surface area contributed by atoms with E-state index >= 15 is 0 Å². The largest absolute Gasteiger partial charge is 0.392 e. The molecule has 0 heterocycles. The molecule has 0 radical (unpaired) electrons. The van der Waals surface area contributed by atoms with Crippen molar-refractivity contribution in [2.75, 3.05) is 0 Å². The Balaban J connectivity index is 5.02. The fourth-order valence-electron chi connectivity index (χ4n) is 2.23. The molecule has 160 valence electrons. The Morgan fingerprint density at radius 3 is 0.966 bits per heavy atom. The average Bonchev–Trinajstić information content (AvgIpc) is 2.66. The lowest BCUT2D eigenvalue weighted by Crippen LogP contribution is -2.36. The summed E-state index contributed by atoms with van der Waals surface area (Å²) in [6, 6.07) is 0. The third-order valence-electron chi connectivity index (χ3n) is 3.87. The number of Topliss-reactive ketones (excluding diaryl/α,β-unsaturated/α-hetero) is 4. The van der Waals surface area contributed by atoms with Crippen LogP contribution in [0.15, 0.2) is 0 Å². The molecule has 0 spiro atoms. The molecule has 0 aromatic carbocycles. The molecule has 0 bridgehead atoms. The number of rotatable bonds is 12. The summed E-state index contributed by atoms with van der Waals surface area (Å²) >= 11 is 0. The Hall–Kier alpha value is -3.04. The van der Waals surface area contributed by atoms with Crippen molar-refractivity contribution in [3.8, 4) is 0 Å². The molecule has 10 heteroatoms. The van der Waals surface area contributed by atoms with Gasteiger partial charge in [-0.15, -0.1) is 0 Å². The summed E-state index contributed by atoms with van der Waals surface area (Å²) in [4.78, 5) is 94.2. The fourth-order valence-corrected chi connectivity index (χ4v) is 2.23. The molecular weight excluding hydrogens is 388 g/mol. The van der Waals surface area contributed by atoms with Crippen molar-refractivity contribution in [1.82, 2.24) is 0 Å². The second kappa shape index (κ2) is 12.4. The van der Waals surface area contributed by atoms with E-state index in [-0.39, 0.29) is 25.7 Å². The normalized spacial score (nSPS) is 10.4. The summed E-state index contributed by atoms with van der Waals surface area (Å²) in [7, 11) is 0. The van der Waals surface area contributed by atoms with Gasteiger partial charge in [-0.2, -0.15) is 0 Å². The zero-order valence-corrected chi connectivity index (χ0v) is 16.8. The number of hydrogen-bond donors (Lipinski definition) is 0. The van der Waals surface area contributed by atoms with Crippen LogP contribution in [0.25, 0.3) is 0 Å². The SMILES string of the molecule is CCC(=O)C(C(=O)CC)C(=O)OC(=O)CC(=O)OC(=O)C(C(=O)CC)C(=O)CC. The number of carbonyl (C=O) groups is 8. The second-order valence-corrected chi connectivity index (χ2v) is 5.91. The molecule has 0 fully saturated rings. The third-order valence-corrected chi connectivity index (χ3v) is 3.87. The molecule has 0 unspecified atom stereocenters. The Morgan fingerprint density at radius 1 is 0.517 bits per heavy atom. The quantitative estimate of drug-likeness (QED) is 0.330. The minimum atomic E-state index is -1.78. The number of carbonyl (C=O) groups excluding carboxylic acids is 8. The van der Waals surface area contributed by atoms with Crippen LogP contribution in [0.3, 0.4) is 0 Å². The Labute approximate surface area is 167 Å². The number of esters is 4. The first-order valence-electron chi connectivity index (χ1n) is 9.13. The van der Waals surface area contributed by atoms with Gasteiger partial charge in [-0.1, -0.05) is 27.7 Å². The van der Waals surface area contributed by atoms with E-state index in [0.29, 0.717) is 0 Å². The van der Waals surface area contributed by atoms with Gasteiger partial charge in [-0.05, 0) is 0 Å². The monoisotopic (exact) mass is 412 g/mol. The van der Waals surface area contributed by atoms with Crippen molar-refractivity contribution in [2.24, 2.45) is 11.8 Å². The van der Waals surface area contributed by atoms with E-state index < -0.39 is 65.3 Å². The number of hydrogen-bond acceptors (Lipinski definition) is 10. The van der Waals surface area contributed by atoms with Crippen LogP contribution in [-0.4, -0.2) is 47.0 Å². The molecular formula is C19H24O10. The first-order chi connectivity index (χ1) is 13.5. The molecule has 0 aliphatic rings. The Morgan fingerprint density at radius 2 is 0.759 bits per heavy atom. The lowest BCUT2D eigenvalue weighted by atomic mass is 9.95. The van der Waals surface area contributed by atoms with Gasteiger partial charge in [0.25, 0.3) is 0 Å². The molecule has 0 amide bonds. The second-order valence-electron chi connectivity index (χ2n) is 5.91. The molecule has 10 nitrogen and oxygen atoms in total. The van der Waals surface area contributed by atoms with E-state index in [1.54, 1.807) is 0 Å². The minimum Gasteiger partial charge on any atom is -0.392 e. The highest BCUT2D eigenvalue weighted by molar-refractivity contribution is 6.20. The Kier molecular flexibility index (Phi) is 11.1. The van der Waals surface area contributed by atoms with E-state index in [9.17, 15) is 38.4 Å². The van der Waals surface area contributed by atoms with Crippen LogP contribution in [0, 0.1) is 11.8 Å². The molecule has 0 aliphatic heterocycles. The molecule has 0 aromatic heterocycles. The standard InChI is InChI=1S/C19H24O10/c1-5-10(20)16(11(21)6-2)18(26)28-14(24)9-15(25)29-19(27)17(12(22)7-3)13(23)8-4/h16-17H,5-9H2,1-4H3. The summed E-state index contributed by atoms with van der Waals surface area (Å²) in [5.41, 5.74) is 0. The van der Waals surface area contributed by atoms with Crippen LogP contribution in [0.1, 0.15) is 59.8 Å². The van der Waals surface area contributed by atoms with Crippen LogP contribution >= 0.6 is 0 Å². The van der Waals surface area contributed by atoms with E-state index in [4.69, 9.17) is 0 Å². The molecule has 0 saturated heterocycles. The van der Waals surface area contributed by atoms with Gasteiger partial charge in [0.15, 0.2) is 35.0 Å². The van der Waals surface area contributed by atoms with Crippen molar-refractivity contribution in [3.63, 3.8) is 0 Å². The van der Waals surface area contributed by atoms with Crippen LogP contribution in [0.5, 0.6) is 0 Å². The van der Waals surface area contributed by atoms with Crippen molar-refractivity contribution in [1.29, 1.82) is 0 Å². The van der Waals surface area contributed by atoms with Crippen LogP contribution < -0.4 is 0 Å². The van der Waals surface area contributed by atoms with Crippen LogP contribution in [0.2, 0.25) is 0 Å². The highest BCUT2D eigenvalue weighted by Gasteiger charge is 2.36. The zero-order valence-electron chi connectivity index (χ0n) is 16.8. The van der Waals surface area contributed by atoms with E-state index in [1.807, 2.05) is 0 Å². The molecule has 0 aromatic rings. The number of ether oxygens (including phenoxy) is 2. The van der Waals surface area contributed by atoms with Gasteiger partial charge >= 0.3 is 23.9 Å². The fraction of sp³-hybridized carbons (Fsp3) is 0.579. The lowest BCUT2D eigenvalue weighted by Gasteiger charge is -2.12. The predicted octanol–water partition coefficient (Wildman–Crippen LogP) is 0.665. The summed E-state index contributed by atoms with van der Waals surface area (Å²) in [6.45, 7) is 5.67. The summed E-state index contributed by atoms with van der Waals surface area (Å²) in [6.07, 6.45) is -1.77. The van der Waals surface area contributed by atoms with E-state index in [1.165, 1.54) is 27.7 Å². The molecule has 0 N–H and O–H groups in total. The summed E-state index contributed by atoms with van der Waals surface area (Å²) in [5, 5.41) is 0. The first-order valence-corrected chi connectivity index (χ1v) is 9.13.